The zero-order valence-electron chi connectivity index (χ0n) is 18.5. The normalized spacial score (nSPS) is 18.2. The molecule has 3 aromatic rings. The lowest BCUT2D eigenvalue weighted by Crippen LogP contribution is -2.43. The van der Waals surface area contributed by atoms with Gasteiger partial charge in [0.05, 0.1) is 11.7 Å². The van der Waals surface area contributed by atoms with E-state index in [1.54, 1.807) is 18.5 Å². The second-order valence-corrected chi connectivity index (χ2v) is 8.46. The zero-order valence-corrected chi connectivity index (χ0v) is 18.5. The van der Waals surface area contributed by atoms with Crippen molar-refractivity contribution in [3.05, 3.63) is 102 Å². The predicted octanol–water partition coefficient (Wildman–Crippen LogP) is 4.76. The highest BCUT2D eigenvalue weighted by Gasteiger charge is 2.30. The van der Waals surface area contributed by atoms with Gasteiger partial charge in [0.1, 0.15) is 5.69 Å². The predicted molar refractivity (Wildman–Crippen MR) is 128 cm³/mol. The highest BCUT2D eigenvalue weighted by Crippen LogP contribution is 2.29. The van der Waals surface area contributed by atoms with Crippen LogP contribution in [0.1, 0.15) is 47.6 Å². The van der Waals surface area contributed by atoms with Crippen LogP contribution in [-0.4, -0.2) is 40.4 Å². The van der Waals surface area contributed by atoms with Gasteiger partial charge in [0.15, 0.2) is 0 Å². The molecule has 0 aliphatic carbocycles. The fourth-order valence-corrected chi connectivity index (χ4v) is 4.44. The van der Waals surface area contributed by atoms with Gasteiger partial charge in [-0.1, -0.05) is 54.1 Å². The second-order valence-electron chi connectivity index (χ2n) is 8.46. The molecule has 32 heavy (non-hydrogen) atoms. The van der Waals surface area contributed by atoms with Gasteiger partial charge in [-0.05, 0) is 62.1 Å². The molecule has 1 aromatic carbocycles. The molecule has 1 saturated heterocycles. The Morgan fingerprint density at radius 1 is 1.06 bits per heavy atom. The molecule has 5 nitrogen and oxygen atoms in total. The van der Waals surface area contributed by atoms with Gasteiger partial charge in [-0.2, -0.15) is 0 Å². The summed E-state index contributed by atoms with van der Waals surface area (Å²) >= 11 is 0. The molecule has 5 heteroatoms. The summed E-state index contributed by atoms with van der Waals surface area (Å²) in [5, 5.41) is 3.23. The van der Waals surface area contributed by atoms with Crippen molar-refractivity contribution in [3.63, 3.8) is 0 Å². The first-order valence-electron chi connectivity index (χ1n) is 11.3. The minimum atomic E-state index is -0.154. The van der Waals surface area contributed by atoms with Crippen molar-refractivity contribution < 1.29 is 4.79 Å². The summed E-state index contributed by atoms with van der Waals surface area (Å²) in [6.07, 6.45) is 7.86. The zero-order chi connectivity index (χ0) is 22.2. The van der Waals surface area contributed by atoms with Gasteiger partial charge >= 0.3 is 0 Å². The third-order valence-electron chi connectivity index (χ3n) is 5.89. The van der Waals surface area contributed by atoms with Gasteiger partial charge < -0.3 is 5.32 Å². The molecule has 0 unspecified atom stereocenters. The average Bonchev–Trinajstić information content (AvgIpc) is 2.84. The Hall–Kier alpha value is -3.31. The molecule has 1 aliphatic heterocycles. The summed E-state index contributed by atoms with van der Waals surface area (Å²) in [4.78, 5) is 24.2. The lowest BCUT2D eigenvalue weighted by atomic mass is 9.88. The fraction of sp³-hybridized carbons (Fsp3) is 0.296. The Labute approximate surface area is 190 Å². The Kier molecular flexibility index (Phi) is 7.41. The van der Waals surface area contributed by atoms with Crippen LogP contribution >= 0.6 is 0 Å². The van der Waals surface area contributed by atoms with E-state index in [4.69, 9.17) is 0 Å². The van der Waals surface area contributed by atoms with Crippen LogP contribution < -0.4 is 5.32 Å². The molecule has 164 valence electrons. The number of hydrogen-bond acceptors (Lipinski definition) is 4. The van der Waals surface area contributed by atoms with Crippen molar-refractivity contribution in [2.24, 2.45) is 5.92 Å². The maximum Gasteiger partial charge on any atom is 0.270 e. The minimum Gasteiger partial charge on any atom is -0.342 e. The third-order valence-corrected chi connectivity index (χ3v) is 5.89. The first kappa shape index (κ1) is 21.9. The summed E-state index contributed by atoms with van der Waals surface area (Å²) in [6.45, 7) is 5.10. The molecule has 2 atom stereocenters. The van der Waals surface area contributed by atoms with Crippen LogP contribution in [0.4, 0.5) is 0 Å². The van der Waals surface area contributed by atoms with Crippen LogP contribution in [0.25, 0.3) is 6.08 Å². The van der Waals surface area contributed by atoms with E-state index in [1.807, 2.05) is 36.4 Å². The van der Waals surface area contributed by atoms with Crippen molar-refractivity contribution in [1.29, 1.82) is 0 Å². The second kappa shape index (κ2) is 10.8. The van der Waals surface area contributed by atoms with E-state index in [2.05, 4.69) is 57.4 Å². The number of nitrogens with one attached hydrogen (secondary N) is 1. The van der Waals surface area contributed by atoms with Crippen LogP contribution in [0.2, 0.25) is 0 Å². The van der Waals surface area contributed by atoms with E-state index in [1.165, 1.54) is 11.1 Å². The maximum atomic E-state index is 12.9. The Bertz CT molecular complexity index is 1020. The molecule has 1 amide bonds. The fourth-order valence-electron chi connectivity index (χ4n) is 4.44. The van der Waals surface area contributed by atoms with E-state index in [9.17, 15) is 4.79 Å². The molecule has 0 spiro atoms. The smallest absolute Gasteiger partial charge is 0.270 e. The number of rotatable bonds is 7. The Morgan fingerprint density at radius 3 is 2.53 bits per heavy atom. The van der Waals surface area contributed by atoms with Crippen LogP contribution in [-0.2, 0) is 0 Å². The van der Waals surface area contributed by atoms with Gasteiger partial charge in [0.25, 0.3) is 5.91 Å². The van der Waals surface area contributed by atoms with Gasteiger partial charge in [-0.3, -0.25) is 19.7 Å². The third kappa shape index (κ3) is 5.89. The topological polar surface area (TPSA) is 58.1 Å². The molecule has 1 fully saturated rings. The van der Waals surface area contributed by atoms with Gasteiger partial charge in [0.2, 0.25) is 0 Å². The molecule has 0 bridgehead atoms. The summed E-state index contributed by atoms with van der Waals surface area (Å²) in [6, 6.07) is 21.6. The SMILES string of the molecule is C/C(=C\c1ccccc1)CN1CCC[C@H]([C@@H](NC(=O)c2ccccn2)c2ccccn2)C1. The highest BCUT2D eigenvalue weighted by molar-refractivity contribution is 5.92. The largest absolute Gasteiger partial charge is 0.342 e. The number of carbonyl (C=O) groups is 1. The highest BCUT2D eigenvalue weighted by atomic mass is 16.1. The molecule has 2 aromatic heterocycles. The summed E-state index contributed by atoms with van der Waals surface area (Å²) in [5.41, 5.74) is 3.90. The van der Waals surface area contributed by atoms with E-state index in [0.717, 1.165) is 38.2 Å². The average molecular weight is 427 g/mol. The standard InChI is InChI=1S/C27H30N4O/c1-21(18-22-10-3-2-4-11-22)19-31-17-9-12-23(20-31)26(24-13-5-7-15-28-24)30-27(32)25-14-6-8-16-29-25/h2-8,10-11,13-16,18,23,26H,9,12,17,19-20H2,1H3,(H,30,32)/b21-18+/t23-,26+/m0/s1. The van der Waals surface area contributed by atoms with E-state index in [0.29, 0.717) is 5.69 Å². The number of carbonyl (C=O) groups excluding carboxylic acids is 1. The first-order chi connectivity index (χ1) is 15.7. The Balaban J connectivity index is 1.48. The summed E-state index contributed by atoms with van der Waals surface area (Å²) < 4.78 is 0. The maximum absolute atomic E-state index is 12.9. The molecule has 3 heterocycles. The van der Waals surface area contributed by atoms with Crippen molar-refractivity contribution >= 4 is 12.0 Å². The number of hydrogen-bond donors (Lipinski definition) is 1. The monoisotopic (exact) mass is 426 g/mol. The van der Waals surface area contributed by atoms with E-state index < -0.39 is 0 Å². The van der Waals surface area contributed by atoms with E-state index >= 15 is 0 Å². The van der Waals surface area contributed by atoms with E-state index in [-0.39, 0.29) is 17.9 Å². The lowest BCUT2D eigenvalue weighted by molar-refractivity contribution is 0.0880. The van der Waals surface area contributed by atoms with Crippen molar-refractivity contribution in [1.82, 2.24) is 20.2 Å². The van der Waals surface area contributed by atoms with Crippen molar-refractivity contribution in [2.75, 3.05) is 19.6 Å². The summed E-state index contributed by atoms with van der Waals surface area (Å²) in [5.74, 6) is 0.134. The van der Waals surface area contributed by atoms with Crippen LogP contribution in [0.3, 0.4) is 0 Å². The van der Waals surface area contributed by atoms with Crippen LogP contribution in [0.15, 0.2) is 84.7 Å². The van der Waals surface area contributed by atoms with Crippen LogP contribution in [0, 0.1) is 5.92 Å². The molecular weight excluding hydrogens is 396 g/mol. The molecule has 0 saturated carbocycles. The van der Waals surface area contributed by atoms with Crippen LogP contribution in [0.5, 0.6) is 0 Å². The number of pyridine rings is 2. The number of nitrogens with zero attached hydrogens (tertiary/aromatic N) is 3. The molecule has 0 radical (unpaired) electrons. The lowest BCUT2D eigenvalue weighted by Gasteiger charge is -2.37. The van der Waals surface area contributed by atoms with Crippen molar-refractivity contribution in [3.8, 4) is 0 Å². The Morgan fingerprint density at radius 2 is 1.81 bits per heavy atom. The van der Waals surface area contributed by atoms with Gasteiger partial charge in [0, 0.05) is 25.5 Å². The van der Waals surface area contributed by atoms with Gasteiger partial charge in [-0.25, -0.2) is 0 Å². The van der Waals surface area contributed by atoms with Crippen molar-refractivity contribution in [2.45, 2.75) is 25.8 Å². The van der Waals surface area contributed by atoms with Gasteiger partial charge in [-0.15, -0.1) is 0 Å². The number of aromatic nitrogens is 2. The number of amides is 1. The number of piperidine rings is 1. The number of likely N-dealkylation sites (tertiary alicyclic amines) is 1. The first-order valence-corrected chi connectivity index (χ1v) is 11.3. The minimum absolute atomic E-state index is 0.146. The quantitative estimate of drug-likeness (QED) is 0.592. The molecule has 1 aliphatic rings. The molecular formula is C27H30N4O. The molecule has 1 N–H and O–H groups in total. The number of benzene rings is 1. The molecule has 4 rings (SSSR count). The summed E-state index contributed by atoms with van der Waals surface area (Å²) in [7, 11) is 0.